The fourth-order valence-corrected chi connectivity index (χ4v) is 4.02. The van der Waals surface area contributed by atoms with Gasteiger partial charge >= 0.3 is 6.01 Å². The Morgan fingerprint density at radius 2 is 1.79 bits per heavy atom. The first kappa shape index (κ1) is 20.0. The van der Waals surface area contributed by atoms with E-state index >= 15 is 0 Å². The molecule has 148 valence electrons. The second-order valence-corrected chi connectivity index (χ2v) is 8.14. The van der Waals surface area contributed by atoms with Crippen molar-refractivity contribution in [1.82, 2.24) is 14.3 Å². The van der Waals surface area contributed by atoms with Crippen LogP contribution in [0.15, 0.2) is 59.6 Å². The van der Waals surface area contributed by atoms with Gasteiger partial charge in [0.05, 0.1) is 22.8 Å². The molecule has 0 radical (unpaired) electrons. The zero-order chi connectivity index (χ0) is 20.3. The summed E-state index contributed by atoms with van der Waals surface area (Å²) in [6.45, 7) is 6.19. The lowest BCUT2D eigenvalue weighted by Gasteiger charge is -2.17. The van der Waals surface area contributed by atoms with Crippen LogP contribution in [-0.4, -0.2) is 18.0 Å². The first-order chi connectivity index (χ1) is 13.3. The number of benzene rings is 2. The van der Waals surface area contributed by atoms with Gasteiger partial charge in [0.1, 0.15) is 11.6 Å². The Labute approximate surface area is 164 Å². The predicted octanol–water partition coefficient (Wildman–Crippen LogP) is 4.18. The van der Waals surface area contributed by atoms with Gasteiger partial charge in [-0.3, -0.25) is 4.57 Å². The lowest BCUT2D eigenvalue weighted by atomic mass is 10.2. The third-order valence-electron chi connectivity index (χ3n) is 4.30. The topological polar surface area (TPSA) is 73.2 Å². The Balaban J connectivity index is 1.81. The number of hydrogen-bond acceptors (Lipinski definition) is 4. The van der Waals surface area contributed by atoms with E-state index in [1.807, 2.05) is 38.1 Å². The smallest absolute Gasteiger partial charge is 0.302 e. The minimum absolute atomic E-state index is 0.000516. The van der Waals surface area contributed by atoms with E-state index in [2.05, 4.69) is 9.71 Å². The van der Waals surface area contributed by atoms with Gasteiger partial charge in [-0.25, -0.2) is 22.5 Å². The van der Waals surface area contributed by atoms with Gasteiger partial charge in [-0.05, 0) is 57.2 Å². The molecule has 1 atom stereocenters. The van der Waals surface area contributed by atoms with Crippen LogP contribution < -0.4 is 9.46 Å². The molecule has 1 aromatic heterocycles. The summed E-state index contributed by atoms with van der Waals surface area (Å²) in [4.78, 5) is 4.30. The lowest BCUT2D eigenvalue weighted by Crippen LogP contribution is -2.28. The minimum Gasteiger partial charge on any atom is -0.426 e. The van der Waals surface area contributed by atoms with Crippen LogP contribution in [0, 0.1) is 12.7 Å². The molecule has 0 saturated carbocycles. The number of sulfonamides is 1. The first-order valence-corrected chi connectivity index (χ1v) is 10.4. The second kappa shape index (κ2) is 8.12. The summed E-state index contributed by atoms with van der Waals surface area (Å²) < 4.78 is 48.4. The van der Waals surface area contributed by atoms with Crippen LogP contribution in [0.2, 0.25) is 0 Å². The molecule has 1 N–H and O–H groups in total. The normalized spacial score (nSPS) is 12.7. The molecule has 6 nitrogen and oxygen atoms in total. The molecule has 0 bridgehead atoms. The summed E-state index contributed by atoms with van der Waals surface area (Å²) in [6.07, 6.45) is 1.59. The number of hydrogen-bond donors (Lipinski definition) is 1. The average Bonchev–Trinajstić information content (AvgIpc) is 3.06. The molecule has 28 heavy (non-hydrogen) atoms. The Morgan fingerprint density at radius 3 is 2.39 bits per heavy atom. The molecule has 0 aliphatic rings. The van der Waals surface area contributed by atoms with Gasteiger partial charge < -0.3 is 4.74 Å². The summed E-state index contributed by atoms with van der Waals surface area (Å²) >= 11 is 0. The molecule has 1 unspecified atom stereocenters. The number of halogens is 1. The van der Waals surface area contributed by atoms with E-state index in [4.69, 9.17) is 4.74 Å². The molecule has 0 aliphatic heterocycles. The molecule has 3 rings (SSSR count). The number of nitrogens with one attached hydrogen (secondary N) is 1. The minimum atomic E-state index is -3.80. The van der Waals surface area contributed by atoms with Gasteiger partial charge in [0.25, 0.3) is 0 Å². The van der Waals surface area contributed by atoms with Crippen LogP contribution >= 0.6 is 0 Å². The Kier molecular flexibility index (Phi) is 5.81. The molecule has 8 heteroatoms. The van der Waals surface area contributed by atoms with Gasteiger partial charge in [0.15, 0.2) is 0 Å². The van der Waals surface area contributed by atoms with Crippen molar-refractivity contribution < 1.29 is 17.5 Å². The maximum atomic E-state index is 13.1. The molecule has 2 aromatic carbocycles. The molecule has 0 spiro atoms. The molecule has 3 aromatic rings. The second-order valence-electron chi connectivity index (χ2n) is 6.42. The van der Waals surface area contributed by atoms with Crippen LogP contribution in [0.1, 0.15) is 31.1 Å². The maximum Gasteiger partial charge on any atom is 0.302 e. The average molecular weight is 403 g/mol. The number of nitrogens with zero attached hydrogens (tertiary/aromatic N) is 2. The van der Waals surface area contributed by atoms with Crippen molar-refractivity contribution in [2.45, 2.75) is 38.3 Å². The highest BCUT2D eigenvalue weighted by molar-refractivity contribution is 7.89. The quantitative estimate of drug-likeness (QED) is 0.642. The van der Waals surface area contributed by atoms with Gasteiger partial charge in [0.2, 0.25) is 10.0 Å². The van der Waals surface area contributed by atoms with E-state index in [0.29, 0.717) is 24.0 Å². The van der Waals surface area contributed by atoms with Crippen LogP contribution in [-0.2, 0) is 16.6 Å². The number of rotatable bonds is 7. The third kappa shape index (κ3) is 4.40. The molecule has 0 saturated heterocycles. The molecule has 1 heterocycles. The van der Waals surface area contributed by atoms with Crippen molar-refractivity contribution in [2.75, 3.05) is 0 Å². The highest BCUT2D eigenvalue weighted by Crippen LogP contribution is 2.26. The fraction of sp³-hybridized carbons (Fsp3) is 0.250. The van der Waals surface area contributed by atoms with Crippen LogP contribution in [0.25, 0.3) is 0 Å². The number of ether oxygens (including phenoxy) is 1. The summed E-state index contributed by atoms with van der Waals surface area (Å²) in [5, 5.41) is 0. The Morgan fingerprint density at radius 1 is 1.14 bits per heavy atom. The maximum absolute atomic E-state index is 13.1. The molecule has 0 fully saturated rings. The van der Waals surface area contributed by atoms with E-state index in [1.54, 1.807) is 17.7 Å². The van der Waals surface area contributed by atoms with Gasteiger partial charge in [0, 0.05) is 6.54 Å². The zero-order valence-corrected chi connectivity index (χ0v) is 16.7. The van der Waals surface area contributed by atoms with Crippen LogP contribution in [0.4, 0.5) is 4.39 Å². The van der Waals surface area contributed by atoms with Crippen molar-refractivity contribution in [3.8, 4) is 11.8 Å². The van der Waals surface area contributed by atoms with Crippen molar-refractivity contribution in [3.05, 3.63) is 71.8 Å². The highest BCUT2D eigenvalue weighted by atomic mass is 32.2. The van der Waals surface area contributed by atoms with Crippen LogP contribution in [0.5, 0.6) is 11.8 Å². The summed E-state index contributed by atoms with van der Waals surface area (Å²) in [7, 11) is -3.80. The summed E-state index contributed by atoms with van der Waals surface area (Å²) in [6, 6.07) is 12.1. The number of aryl methyl sites for hydroxylation is 1. The number of imidazole rings is 1. The predicted molar refractivity (Wildman–Crippen MR) is 104 cm³/mol. The standard InChI is InChI=1S/C20H22FN3O3S/c1-4-24-19(13-22-20(24)27-17-9-5-14(2)6-10-17)15(3)23-28(25,26)18-11-7-16(21)8-12-18/h5-13,15,23H,4H2,1-3H3. The Bertz CT molecular complexity index is 1050. The Hall–Kier alpha value is -2.71. The van der Waals surface area contributed by atoms with E-state index in [0.717, 1.165) is 17.7 Å². The number of aromatic nitrogens is 2. The first-order valence-electron chi connectivity index (χ1n) is 8.88. The molecule has 0 amide bonds. The van der Waals surface area contributed by atoms with Crippen molar-refractivity contribution in [2.24, 2.45) is 0 Å². The lowest BCUT2D eigenvalue weighted by molar-refractivity contribution is 0.408. The summed E-state index contributed by atoms with van der Waals surface area (Å²) in [5.41, 5.74) is 1.78. The van der Waals surface area contributed by atoms with Crippen molar-refractivity contribution in [3.63, 3.8) is 0 Å². The van der Waals surface area contributed by atoms with Crippen molar-refractivity contribution >= 4 is 10.0 Å². The fourth-order valence-electron chi connectivity index (χ4n) is 2.80. The third-order valence-corrected chi connectivity index (χ3v) is 5.85. The zero-order valence-electron chi connectivity index (χ0n) is 15.9. The SMILES string of the molecule is CCn1c(C(C)NS(=O)(=O)c2ccc(F)cc2)cnc1Oc1ccc(C)cc1. The van der Waals surface area contributed by atoms with Crippen LogP contribution in [0.3, 0.4) is 0 Å². The van der Waals surface area contributed by atoms with Gasteiger partial charge in [-0.2, -0.15) is 0 Å². The molecular formula is C20H22FN3O3S. The van der Waals surface area contributed by atoms with E-state index in [9.17, 15) is 12.8 Å². The van der Waals surface area contributed by atoms with E-state index < -0.39 is 21.9 Å². The monoisotopic (exact) mass is 403 g/mol. The van der Waals surface area contributed by atoms with E-state index in [1.165, 1.54) is 12.1 Å². The summed E-state index contributed by atoms with van der Waals surface area (Å²) in [5.74, 6) is 0.158. The molecule has 0 aliphatic carbocycles. The van der Waals surface area contributed by atoms with Gasteiger partial charge in [-0.1, -0.05) is 17.7 Å². The van der Waals surface area contributed by atoms with E-state index in [-0.39, 0.29) is 4.90 Å². The van der Waals surface area contributed by atoms with Crippen molar-refractivity contribution in [1.29, 1.82) is 0 Å². The largest absolute Gasteiger partial charge is 0.426 e. The van der Waals surface area contributed by atoms with Gasteiger partial charge in [-0.15, -0.1) is 0 Å². The molecular weight excluding hydrogens is 381 g/mol. The highest BCUT2D eigenvalue weighted by Gasteiger charge is 2.22.